The van der Waals surface area contributed by atoms with Crippen molar-refractivity contribution in [2.24, 2.45) is 0 Å². The molecule has 120 valence electrons. The average molecular weight is 318 g/mol. The molecule has 1 aromatic carbocycles. The van der Waals surface area contributed by atoms with Gasteiger partial charge in [0.15, 0.2) is 20.9 Å². The van der Waals surface area contributed by atoms with E-state index >= 15 is 0 Å². The van der Waals surface area contributed by atoms with Crippen LogP contribution in [0, 0.1) is 0 Å². The number of hydrogen-bond acceptors (Lipinski definition) is 3. The highest BCUT2D eigenvalue weighted by Gasteiger charge is 2.26. The van der Waals surface area contributed by atoms with Crippen molar-refractivity contribution < 1.29 is 13.9 Å². The molecule has 0 heterocycles. The van der Waals surface area contributed by atoms with E-state index in [1.165, 1.54) is 0 Å². The van der Waals surface area contributed by atoms with Gasteiger partial charge in [0.25, 0.3) is 0 Å². The number of ether oxygens (including phenoxy) is 2. The summed E-state index contributed by atoms with van der Waals surface area (Å²) in [5.74, 6) is 0.564. The molecule has 0 aliphatic rings. The van der Waals surface area contributed by atoms with Crippen molar-refractivity contribution in [1.82, 2.24) is 0 Å². The van der Waals surface area contributed by atoms with Crippen molar-refractivity contribution in [2.45, 2.75) is 32.7 Å². The van der Waals surface area contributed by atoms with Crippen molar-refractivity contribution in [3.05, 3.63) is 59.5 Å². The van der Waals surface area contributed by atoms with Gasteiger partial charge in [-0.2, -0.15) is 0 Å². The Labute approximate surface area is 135 Å². The summed E-state index contributed by atoms with van der Waals surface area (Å²) in [5, 5.41) is 0. The maximum absolute atomic E-state index is 6.27. The minimum Gasteiger partial charge on any atom is -0.461 e. The quantitative estimate of drug-likeness (QED) is 0.303. The Morgan fingerprint density at radius 1 is 1.27 bits per heavy atom. The van der Waals surface area contributed by atoms with Crippen molar-refractivity contribution in [3.8, 4) is 0 Å². The van der Waals surface area contributed by atoms with Crippen LogP contribution in [0.15, 0.2) is 54.0 Å². The van der Waals surface area contributed by atoms with Gasteiger partial charge in [0, 0.05) is 7.11 Å². The highest BCUT2D eigenvalue weighted by Crippen LogP contribution is 2.23. The minimum absolute atomic E-state index is 0.155. The van der Waals surface area contributed by atoms with E-state index in [1.807, 2.05) is 25.1 Å². The standard InChI is InChI=1S/C18H26O3Si/c1-7-17(20-14-19-3)18(21-22(4,5)6)15(2)13-16-11-9-8-10-12-16/h8-13,18H,1,14H2,2-6H3/b15-13+. The van der Waals surface area contributed by atoms with Crippen LogP contribution >= 0.6 is 0 Å². The summed E-state index contributed by atoms with van der Waals surface area (Å²) in [6, 6.07) is 10.1. The lowest BCUT2D eigenvalue weighted by Gasteiger charge is -2.28. The summed E-state index contributed by atoms with van der Waals surface area (Å²) in [4.78, 5) is 0. The third-order valence-electron chi connectivity index (χ3n) is 2.82. The molecular formula is C18H26O3Si. The smallest absolute Gasteiger partial charge is 0.189 e. The molecule has 0 fully saturated rings. The zero-order valence-corrected chi connectivity index (χ0v) is 15.2. The Morgan fingerprint density at radius 2 is 1.91 bits per heavy atom. The first-order chi connectivity index (χ1) is 10.4. The molecule has 4 heteroatoms. The molecule has 0 aliphatic carbocycles. The third-order valence-corrected chi connectivity index (χ3v) is 3.77. The first kappa shape index (κ1) is 18.5. The summed E-state index contributed by atoms with van der Waals surface area (Å²) < 4.78 is 16.8. The molecular weight excluding hydrogens is 292 g/mol. The summed E-state index contributed by atoms with van der Waals surface area (Å²) in [7, 11) is -0.184. The number of hydrogen-bond donors (Lipinski definition) is 0. The van der Waals surface area contributed by atoms with Gasteiger partial charge in [0.1, 0.15) is 6.10 Å². The minimum atomic E-state index is -1.77. The van der Waals surface area contributed by atoms with Gasteiger partial charge < -0.3 is 13.9 Å². The largest absolute Gasteiger partial charge is 0.461 e. The molecule has 0 aliphatic heterocycles. The van der Waals surface area contributed by atoms with Gasteiger partial charge >= 0.3 is 0 Å². The maximum Gasteiger partial charge on any atom is 0.189 e. The zero-order valence-electron chi connectivity index (χ0n) is 14.2. The highest BCUT2D eigenvalue weighted by atomic mass is 28.4. The molecule has 0 radical (unpaired) electrons. The van der Waals surface area contributed by atoms with Gasteiger partial charge in [-0.1, -0.05) is 48.7 Å². The first-order valence-corrected chi connectivity index (χ1v) is 10.7. The molecule has 0 N–H and O–H groups in total. The molecule has 1 unspecified atom stereocenters. The molecule has 1 aromatic rings. The van der Waals surface area contributed by atoms with Gasteiger partial charge in [-0.05, 0) is 37.7 Å². The molecule has 0 saturated heterocycles. The maximum atomic E-state index is 6.27. The van der Waals surface area contributed by atoms with Crippen molar-refractivity contribution in [3.63, 3.8) is 0 Å². The molecule has 0 spiro atoms. The SMILES string of the molecule is C=C=C(OCOC)C(O[Si](C)(C)C)/C(C)=C/c1ccccc1. The normalized spacial score (nSPS) is 13.4. The zero-order chi connectivity index (χ0) is 16.6. The molecule has 0 amide bonds. The summed E-state index contributed by atoms with van der Waals surface area (Å²) in [5.41, 5.74) is 5.02. The Hall–Kier alpha value is -1.58. The van der Waals surface area contributed by atoms with Crippen molar-refractivity contribution in [2.75, 3.05) is 13.9 Å². The molecule has 22 heavy (non-hydrogen) atoms. The lowest BCUT2D eigenvalue weighted by molar-refractivity contribution is -0.0113. The van der Waals surface area contributed by atoms with E-state index in [-0.39, 0.29) is 12.9 Å². The fraction of sp³-hybridized carbons (Fsp3) is 0.389. The third kappa shape index (κ3) is 6.46. The van der Waals surface area contributed by atoms with Crippen LogP contribution in [-0.4, -0.2) is 28.3 Å². The molecule has 0 aromatic heterocycles. The Morgan fingerprint density at radius 3 is 2.41 bits per heavy atom. The van der Waals surface area contributed by atoms with Crippen molar-refractivity contribution >= 4 is 14.4 Å². The van der Waals surface area contributed by atoms with Crippen LogP contribution < -0.4 is 0 Å². The Bertz CT molecular complexity index is 537. The molecule has 0 bridgehead atoms. The first-order valence-electron chi connectivity index (χ1n) is 7.30. The monoisotopic (exact) mass is 318 g/mol. The predicted molar refractivity (Wildman–Crippen MR) is 93.9 cm³/mol. The second-order valence-electron chi connectivity index (χ2n) is 6.00. The number of benzene rings is 1. The van der Waals surface area contributed by atoms with E-state index < -0.39 is 8.32 Å². The summed E-state index contributed by atoms with van der Waals surface area (Å²) in [6.07, 6.45) is 1.80. The van der Waals surface area contributed by atoms with Crippen LogP contribution in [0.2, 0.25) is 19.6 Å². The second kappa shape index (κ2) is 8.76. The number of rotatable bonds is 8. The van der Waals surface area contributed by atoms with E-state index in [0.29, 0.717) is 5.76 Å². The predicted octanol–water partition coefficient (Wildman–Crippen LogP) is 4.60. The van der Waals surface area contributed by atoms with Crippen LogP contribution in [0.25, 0.3) is 6.08 Å². The van der Waals surface area contributed by atoms with Crippen LogP contribution in [0.3, 0.4) is 0 Å². The lowest BCUT2D eigenvalue weighted by atomic mass is 10.1. The van der Waals surface area contributed by atoms with Gasteiger partial charge in [-0.25, -0.2) is 0 Å². The van der Waals surface area contributed by atoms with E-state index in [9.17, 15) is 0 Å². The van der Waals surface area contributed by atoms with E-state index in [0.717, 1.165) is 11.1 Å². The van der Waals surface area contributed by atoms with E-state index in [1.54, 1.807) is 7.11 Å². The fourth-order valence-electron chi connectivity index (χ4n) is 1.94. The van der Waals surface area contributed by atoms with E-state index in [4.69, 9.17) is 13.9 Å². The molecule has 1 rings (SSSR count). The number of methoxy groups -OCH3 is 1. The Kier molecular flexibility index (Phi) is 7.35. The molecule has 3 nitrogen and oxygen atoms in total. The fourth-order valence-corrected chi connectivity index (χ4v) is 2.94. The van der Waals surface area contributed by atoms with E-state index in [2.05, 4.69) is 50.2 Å². The topological polar surface area (TPSA) is 27.7 Å². The average Bonchev–Trinajstić information content (AvgIpc) is 2.46. The van der Waals surface area contributed by atoms with Crippen LogP contribution in [0.4, 0.5) is 0 Å². The van der Waals surface area contributed by atoms with Gasteiger partial charge in [0.2, 0.25) is 0 Å². The Balaban J connectivity index is 3.08. The van der Waals surface area contributed by atoms with Crippen LogP contribution in [0.1, 0.15) is 12.5 Å². The summed E-state index contributed by atoms with van der Waals surface area (Å²) in [6.45, 7) is 12.3. The van der Waals surface area contributed by atoms with Crippen molar-refractivity contribution in [1.29, 1.82) is 0 Å². The summed E-state index contributed by atoms with van der Waals surface area (Å²) >= 11 is 0. The van der Waals surface area contributed by atoms with Gasteiger partial charge in [-0.15, -0.1) is 0 Å². The molecule has 0 saturated carbocycles. The molecule has 1 atom stereocenters. The van der Waals surface area contributed by atoms with Gasteiger partial charge in [-0.3, -0.25) is 0 Å². The lowest BCUT2D eigenvalue weighted by Crippen LogP contribution is -2.34. The highest BCUT2D eigenvalue weighted by molar-refractivity contribution is 6.69. The van der Waals surface area contributed by atoms with Gasteiger partial charge in [0.05, 0.1) is 0 Å². The van der Waals surface area contributed by atoms with Crippen LogP contribution in [0.5, 0.6) is 0 Å². The van der Waals surface area contributed by atoms with Crippen LogP contribution in [-0.2, 0) is 13.9 Å². The second-order valence-corrected chi connectivity index (χ2v) is 10.5.